The molecule has 0 aliphatic rings. The summed E-state index contributed by atoms with van der Waals surface area (Å²) in [7, 11) is 0. The third-order valence-corrected chi connectivity index (χ3v) is 2.27. The maximum atomic E-state index is 10.5. The molecule has 14 heavy (non-hydrogen) atoms. The lowest BCUT2D eigenvalue weighted by Gasteiger charge is -1.93. The molecule has 72 valence electrons. The maximum absolute atomic E-state index is 10.5. The van der Waals surface area contributed by atoms with Gasteiger partial charge in [0.05, 0.1) is 6.54 Å². The van der Waals surface area contributed by atoms with Crippen LogP contribution in [0.3, 0.4) is 0 Å². The largest absolute Gasteiger partial charge is 0.475 e. The zero-order valence-electron chi connectivity index (χ0n) is 6.99. The van der Waals surface area contributed by atoms with Crippen LogP contribution in [0.15, 0.2) is 17.9 Å². The van der Waals surface area contributed by atoms with E-state index in [0.29, 0.717) is 6.54 Å². The number of carboxylic acid groups (broad SMARTS) is 1. The highest BCUT2D eigenvalue weighted by molar-refractivity contribution is 7.09. The number of carbonyl (C=O) groups is 1. The number of thiazole rings is 1. The van der Waals surface area contributed by atoms with Gasteiger partial charge in [-0.2, -0.15) is 0 Å². The molecular formula is C7H6N4O2S. The molecule has 0 fully saturated rings. The van der Waals surface area contributed by atoms with Crippen LogP contribution in [0.2, 0.25) is 0 Å². The van der Waals surface area contributed by atoms with E-state index in [4.69, 9.17) is 5.11 Å². The summed E-state index contributed by atoms with van der Waals surface area (Å²) >= 11 is 1.49. The SMILES string of the molecule is O=C(O)c1ncn(Cc2nccs2)n1. The quantitative estimate of drug-likeness (QED) is 0.796. The molecule has 0 radical (unpaired) electrons. The first-order valence-corrected chi connectivity index (χ1v) is 4.65. The molecule has 0 bridgehead atoms. The molecule has 2 aromatic rings. The van der Waals surface area contributed by atoms with E-state index in [0.717, 1.165) is 5.01 Å². The Morgan fingerprint density at radius 2 is 2.43 bits per heavy atom. The Bertz CT molecular complexity index is 436. The fraction of sp³-hybridized carbons (Fsp3) is 0.143. The van der Waals surface area contributed by atoms with Gasteiger partial charge in [-0.15, -0.1) is 16.4 Å². The standard InChI is InChI=1S/C7H6N4O2S/c12-7(13)6-9-4-11(10-6)3-5-8-1-2-14-5/h1-2,4H,3H2,(H,12,13). The van der Waals surface area contributed by atoms with Crippen molar-refractivity contribution in [3.8, 4) is 0 Å². The predicted octanol–water partition coefficient (Wildman–Crippen LogP) is 0.481. The van der Waals surface area contributed by atoms with Crippen molar-refractivity contribution in [3.05, 3.63) is 28.7 Å². The van der Waals surface area contributed by atoms with Crippen LogP contribution in [0.1, 0.15) is 15.6 Å². The lowest BCUT2D eigenvalue weighted by atomic mass is 10.6. The maximum Gasteiger partial charge on any atom is 0.375 e. The molecule has 6 nitrogen and oxygen atoms in total. The lowest BCUT2D eigenvalue weighted by Crippen LogP contribution is -2.03. The Kier molecular flexibility index (Phi) is 2.23. The van der Waals surface area contributed by atoms with E-state index in [1.807, 2.05) is 5.38 Å². The number of nitrogens with zero attached hydrogens (tertiary/aromatic N) is 4. The van der Waals surface area contributed by atoms with E-state index in [2.05, 4.69) is 15.1 Å². The molecule has 0 unspecified atom stereocenters. The van der Waals surface area contributed by atoms with Crippen LogP contribution < -0.4 is 0 Å². The summed E-state index contributed by atoms with van der Waals surface area (Å²) in [6.07, 6.45) is 3.07. The second-order valence-corrected chi connectivity index (χ2v) is 3.48. The number of rotatable bonds is 3. The van der Waals surface area contributed by atoms with Gasteiger partial charge in [0.25, 0.3) is 5.82 Å². The summed E-state index contributed by atoms with van der Waals surface area (Å²) in [4.78, 5) is 18.1. The van der Waals surface area contributed by atoms with Crippen molar-refractivity contribution in [2.24, 2.45) is 0 Å². The van der Waals surface area contributed by atoms with Crippen LogP contribution in [0.5, 0.6) is 0 Å². The number of hydrogen-bond acceptors (Lipinski definition) is 5. The van der Waals surface area contributed by atoms with E-state index in [1.165, 1.54) is 22.3 Å². The molecule has 1 N–H and O–H groups in total. The first kappa shape index (κ1) is 8.82. The van der Waals surface area contributed by atoms with Gasteiger partial charge < -0.3 is 5.11 Å². The van der Waals surface area contributed by atoms with Crippen LogP contribution in [0, 0.1) is 0 Å². The van der Waals surface area contributed by atoms with Gasteiger partial charge in [0, 0.05) is 11.6 Å². The minimum absolute atomic E-state index is 0.193. The fourth-order valence-corrected chi connectivity index (χ4v) is 1.55. The van der Waals surface area contributed by atoms with Crippen molar-refractivity contribution in [2.75, 3.05) is 0 Å². The number of hydrogen-bond donors (Lipinski definition) is 1. The number of aromatic carboxylic acids is 1. The second kappa shape index (κ2) is 3.54. The number of carboxylic acids is 1. The first-order chi connectivity index (χ1) is 6.75. The summed E-state index contributed by atoms with van der Waals surface area (Å²) in [6, 6.07) is 0. The Hall–Kier alpha value is -1.76. The highest BCUT2D eigenvalue weighted by Gasteiger charge is 2.08. The molecule has 0 amide bonds. The normalized spacial score (nSPS) is 10.3. The van der Waals surface area contributed by atoms with Gasteiger partial charge in [0.2, 0.25) is 0 Å². The van der Waals surface area contributed by atoms with Crippen molar-refractivity contribution in [1.82, 2.24) is 19.7 Å². The van der Waals surface area contributed by atoms with Gasteiger partial charge in [-0.1, -0.05) is 0 Å². The average molecular weight is 210 g/mol. The van der Waals surface area contributed by atoms with Crippen LogP contribution in [-0.4, -0.2) is 30.8 Å². The van der Waals surface area contributed by atoms with Crippen molar-refractivity contribution < 1.29 is 9.90 Å². The van der Waals surface area contributed by atoms with Gasteiger partial charge in [0.15, 0.2) is 0 Å². The van der Waals surface area contributed by atoms with Crippen LogP contribution in [0.4, 0.5) is 0 Å². The van der Waals surface area contributed by atoms with Crippen LogP contribution >= 0.6 is 11.3 Å². The van der Waals surface area contributed by atoms with Crippen LogP contribution in [0.25, 0.3) is 0 Å². The molecule has 0 saturated carbocycles. The van der Waals surface area contributed by atoms with E-state index in [-0.39, 0.29) is 5.82 Å². The average Bonchev–Trinajstić information content (AvgIpc) is 2.75. The molecule has 0 saturated heterocycles. The highest BCUT2D eigenvalue weighted by Crippen LogP contribution is 2.05. The summed E-state index contributed by atoms with van der Waals surface area (Å²) < 4.78 is 1.45. The molecule has 2 heterocycles. The first-order valence-electron chi connectivity index (χ1n) is 3.77. The molecule has 0 aliphatic carbocycles. The molecular weight excluding hydrogens is 204 g/mol. The molecule has 2 rings (SSSR count). The van der Waals surface area contributed by atoms with E-state index >= 15 is 0 Å². The van der Waals surface area contributed by atoms with E-state index < -0.39 is 5.97 Å². The van der Waals surface area contributed by atoms with Gasteiger partial charge in [-0.3, -0.25) is 0 Å². The molecule has 0 spiro atoms. The summed E-state index contributed by atoms with van der Waals surface area (Å²) in [5, 5.41) is 15.0. The lowest BCUT2D eigenvalue weighted by molar-refractivity contribution is 0.0683. The monoisotopic (exact) mass is 210 g/mol. The Balaban J connectivity index is 2.14. The van der Waals surface area contributed by atoms with Gasteiger partial charge in [-0.25, -0.2) is 19.4 Å². The van der Waals surface area contributed by atoms with Crippen molar-refractivity contribution in [2.45, 2.75) is 6.54 Å². The van der Waals surface area contributed by atoms with Crippen molar-refractivity contribution in [3.63, 3.8) is 0 Å². The van der Waals surface area contributed by atoms with E-state index in [1.54, 1.807) is 6.20 Å². The molecule has 0 aromatic carbocycles. The predicted molar refractivity (Wildman–Crippen MR) is 48.2 cm³/mol. The van der Waals surface area contributed by atoms with Gasteiger partial charge in [0.1, 0.15) is 11.3 Å². The fourth-order valence-electron chi connectivity index (χ4n) is 0.938. The molecule has 0 atom stereocenters. The Labute approximate surface area is 82.9 Å². The number of aromatic nitrogens is 4. The zero-order valence-corrected chi connectivity index (χ0v) is 7.81. The topological polar surface area (TPSA) is 80.9 Å². The third kappa shape index (κ3) is 1.77. The second-order valence-electron chi connectivity index (χ2n) is 2.50. The molecule has 0 aliphatic heterocycles. The van der Waals surface area contributed by atoms with Crippen molar-refractivity contribution in [1.29, 1.82) is 0 Å². The summed E-state index contributed by atoms with van der Waals surface area (Å²) in [5.74, 6) is -1.32. The Morgan fingerprint density at radius 3 is 3.00 bits per heavy atom. The summed E-state index contributed by atoms with van der Waals surface area (Å²) in [5.41, 5.74) is 0. The van der Waals surface area contributed by atoms with Gasteiger partial charge in [-0.05, 0) is 0 Å². The molecule has 7 heteroatoms. The third-order valence-electron chi connectivity index (χ3n) is 1.51. The van der Waals surface area contributed by atoms with Crippen LogP contribution in [-0.2, 0) is 6.54 Å². The van der Waals surface area contributed by atoms with Crippen molar-refractivity contribution >= 4 is 17.3 Å². The van der Waals surface area contributed by atoms with Gasteiger partial charge >= 0.3 is 5.97 Å². The minimum atomic E-state index is -1.12. The highest BCUT2D eigenvalue weighted by atomic mass is 32.1. The smallest absolute Gasteiger partial charge is 0.375 e. The zero-order chi connectivity index (χ0) is 9.97. The Morgan fingerprint density at radius 1 is 1.57 bits per heavy atom. The molecule has 2 aromatic heterocycles. The van der Waals surface area contributed by atoms with E-state index in [9.17, 15) is 4.79 Å². The minimum Gasteiger partial charge on any atom is -0.475 e. The summed E-state index contributed by atoms with van der Waals surface area (Å²) in [6.45, 7) is 0.456.